The third-order valence-corrected chi connectivity index (χ3v) is 3.82. The largest absolute Gasteiger partial charge is 0.391 e. The Balaban J connectivity index is 1.67. The van der Waals surface area contributed by atoms with Crippen LogP contribution in [0.25, 0.3) is 6.08 Å². The van der Waals surface area contributed by atoms with Crippen LogP contribution in [0.3, 0.4) is 0 Å². The van der Waals surface area contributed by atoms with Gasteiger partial charge in [0.2, 0.25) is 5.91 Å². The number of benzene rings is 1. The topological polar surface area (TPSA) is 49.8 Å². The molecule has 1 amide bonds. The quantitative estimate of drug-likeness (QED) is 0.843. The van der Waals surface area contributed by atoms with Gasteiger partial charge in [0.25, 0.3) is 0 Å². The third-order valence-electron chi connectivity index (χ3n) is 3.82. The van der Waals surface area contributed by atoms with Crippen molar-refractivity contribution < 1.29 is 14.6 Å². The first-order valence-corrected chi connectivity index (χ1v) is 7.42. The van der Waals surface area contributed by atoms with Gasteiger partial charge in [0, 0.05) is 13.1 Å². The number of aliphatic hydroxyl groups is 1. The molecule has 4 heteroatoms. The van der Waals surface area contributed by atoms with Crippen molar-refractivity contribution in [2.24, 2.45) is 5.92 Å². The van der Waals surface area contributed by atoms with Crippen molar-refractivity contribution in [2.45, 2.75) is 19.4 Å². The first-order chi connectivity index (χ1) is 10.2. The molecular formula is C17H23NO3. The van der Waals surface area contributed by atoms with Gasteiger partial charge in [-0.1, -0.05) is 49.4 Å². The molecule has 0 bridgehead atoms. The van der Waals surface area contributed by atoms with Crippen molar-refractivity contribution >= 4 is 12.0 Å². The molecule has 2 rings (SSSR count). The minimum absolute atomic E-state index is 0.0472. The highest BCUT2D eigenvalue weighted by Gasteiger charge is 2.26. The van der Waals surface area contributed by atoms with Crippen LogP contribution in [0, 0.1) is 5.92 Å². The minimum Gasteiger partial charge on any atom is -0.391 e. The maximum absolute atomic E-state index is 11.9. The van der Waals surface area contributed by atoms with Crippen LogP contribution in [0.1, 0.15) is 18.9 Å². The molecule has 0 aromatic heterocycles. The Morgan fingerprint density at radius 3 is 2.90 bits per heavy atom. The lowest BCUT2D eigenvalue weighted by molar-refractivity contribution is -0.139. The van der Waals surface area contributed by atoms with Gasteiger partial charge in [-0.2, -0.15) is 0 Å². The summed E-state index contributed by atoms with van der Waals surface area (Å²) in [6.45, 7) is 3.62. The van der Waals surface area contributed by atoms with Crippen LogP contribution in [0.15, 0.2) is 36.4 Å². The van der Waals surface area contributed by atoms with E-state index in [4.69, 9.17) is 4.74 Å². The van der Waals surface area contributed by atoms with Crippen LogP contribution in [-0.4, -0.2) is 48.3 Å². The van der Waals surface area contributed by atoms with E-state index < -0.39 is 6.10 Å². The molecule has 114 valence electrons. The fourth-order valence-corrected chi connectivity index (χ4v) is 2.33. The number of carbonyl (C=O) groups is 1. The fraction of sp³-hybridized carbons (Fsp3) is 0.471. The van der Waals surface area contributed by atoms with Gasteiger partial charge in [0.15, 0.2) is 0 Å². The number of rotatable bonds is 5. The molecule has 1 heterocycles. The van der Waals surface area contributed by atoms with Gasteiger partial charge in [-0.05, 0) is 17.9 Å². The SMILES string of the molecule is CC1CCN(C(=O)COC/C=C/c2ccccc2)CC1O. The number of carbonyl (C=O) groups excluding carboxylic acids is 1. The molecule has 4 nitrogen and oxygen atoms in total. The molecule has 1 fully saturated rings. The Bertz CT molecular complexity index is 472. The van der Waals surface area contributed by atoms with Crippen LogP contribution in [0.4, 0.5) is 0 Å². The highest BCUT2D eigenvalue weighted by atomic mass is 16.5. The molecule has 1 saturated heterocycles. The predicted octanol–water partition coefficient (Wildman–Crippen LogP) is 1.95. The lowest BCUT2D eigenvalue weighted by atomic mass is 9.96. The Morgan fingerprint density at radius 2 is 2.19 bits per heavy atom. The van der Waals surface area contributed by atoms with Crippen LogP contribution in [0.5, 0.6) is 0 Å². The standard InChI is InChI=1S/C17H23NO3/c1-14-9-10-18(12-16(14)19)17(20)13-21-11-5-8-15-6-3-2-4-7-15/h2-8,14,16,19H,9-13H2,1H3/b8-5+. The van der Waals surface area contributed by atoms with Gasteiger partial charge in [-0.15, -0.1) is 0 Å². The van der Waals surface area contributed by atoms with Crippen molar-refractivity contribution in [1.82, 2.24) is 4.90 Å². The van der Waals surface area contributed by atoms with Crippen molar-refractivity contribution in [3.05, 3.63) is 42.0 Å². The summed E-state index contributed by atoms with van der Waals surface area (Å²) in [6, 6.07) is 9.95. The monoisotopic (exact) mass is 289 g/mol. The molecule has 0 aliphatic carbocycles. The van der Waals surface area contributed by atoms with Gasteiger partial charge in [-0.3, -0.25) is 4.79 Å². The highest BCUT2D eigenvalue weighted by molar-refractivity contribution is 5.77. The van der Waals surface area contributed by atoms with E-state index >= 15 is 0 Å². The second-order valence-electron chi connectivity index (χ2n) is 5.50. The van der Waals surface area contributed by atoms with Crippen LogP contribution >= 0.6 is 0 Å². The summed E-state index contributed by atoms with van der Waals surface area (Å²) in [6.07, 6.45) is 4.30. The number of likely N-dealkylation sites (tertiary alicyclic amines) is 1. The Hall–Kier alpha value is -1.65. The van der Waals surface area contributed by atoms with Crippen LogP contribution in [0.2, 0.25) is 0 Å². The molecule has 0 spiro atoms. The van der Waals surface area contributed by atoms with E-state index in [1.165, 1.54) is 0 Å². The Kier molecular flexibility index (Phi) is 5.96. The highest BCUT2D eigenvalue weighted by Crippen LogP contribution is 2.16. The van der Waals surface area contributed by atoms with Gasteiger partial charge in [0.05, 0.1) is 12.7 Å². The lowest BCUT2D eigenvalue weighted by Gasteiger charge is -2.34. The maximum atomic E-state index is 11.9. The summed E-state index contributed by atoms with van der Waals surface area (Å²) in [4.78, 5) is 13.6. The number of piperidine rings is 1. The van der Waals surface area contributed by atoms with Crippen molar-refractivity contribution in [3.8, 4) is 0 Å². The Labute approximate surface area is 126 Å². The number of hydrogen-bond acceptors (Lipinski definition) is 3. The summed E-state index contributed by atoms with van der Waals surface area (Å²) in [5.41, 5.74) is 1.11. The van der Waals surface area contributed by atoms with Crippen LogP contribution < -0.4 is 0 Å². The number of β-amino-alcohol motifs (C(OH)–C–C–N with tert-alkyl or cyclic N) is 1. The molecule has 1 aliphatic heterocycles. The summed E-state index contributed by atoms with van der Waals surface area (Å²) in [7, 11) is 0. The van der Waals surface area contributed by atoms with E-state index in [2.05, 4.69) is 0 Å². The van der Waals surface area contributed by atoms with E-state index in [0.29, 0.717) is 19.7 Å². The van der Waals surface area contributed by atoms with E-state index in [1.54, 1.807) is 4.90 Å². The normalized spacial score (nSPS) is 22.7. The first kappa shape index (κ1) is 15.7. The second kappa shape index (κ2) is 7.96. The number of aliphatic hydroxyl groups excluding tert-OH is 1. The zero-order chi connectivity index (χ0) is 15.1. The smallest absolute Gasteiger partial charge is 0.248 e. The van der Waals surface area contributed by atoms with Gasteiger partial charge in [-0.25, -0.2) is 0 Å². The van der Waals surface area contributed by atoms with E-state index in [9.17, 15) is 9.90 Å². The van der Waals surface area contributed by atoms with E-state index in [1.807, 2.05) is 49.4 Å². The third kappa shape index (κ3) is 4.99. The Morgan fingerprint density at radius 1 is 1.43 bits per heavy atom. The van der Waals surface area contributed by atoms with Crippen LogP contribution in [-0.2, 0) is 9.53 Å². The van der Waals surface area contributed by atoms with Gasteiger partial charge < -0.3 is 14.7 Å². The molecule has 1 aromatic rings. The van der Waals surface area contributed by atoms with E-state index in [-0.39, 0.29) is 18.4 Å². The zero-order valence-electron chi connectivity index (χ0n) is 12.4. The predicted molar refractivity (Wildman–Crippen MR) is 82.7 cm³/mol. The molecule has 0 saturated carbocycles. The summed E-state index contributed by atoms with van der Waals surface area (Å²) >= 11 is 0. The molecule has 1 aliphatic rings. The lowest BCUT2D eigenvalue weighted by Crippen LogP contribution is -2.47. The van der Waals surface area contributed by atoms with Gasteiger partial charge >= 0.3 is 0 Å². The zero-order valence-corrected chi connectivity index (χ0v) is 12.4. The van der Waals surface area contributed by atoms with Crippen molar-refractivity contribution in [3.63, 3.8) is 0 Å². The molecular weight excluding hydrogens is 266 g/mol. The second-order valence-corrected chi connectivity index (χ2v) is 5.50. The number of hydrogen-bond donors (Lipinski definition) is 1. The molecule has 21 heavy (non-hydrogen) atoms. The average molecular weight is 289 g/mol. The molecule has 1 N–H and O–H groups in total. The molecule has 1 aromatic carbocycles. The number of ether oxygens (including phenoxy) is 1. The average Bonchev–Trinajstić information content (AvgIpc) is 2.50. The number of amides is 1. The maximum Gasteiger partial charge on any atom is 0.248 e. The first-order valence-electron chi connectivity index (χ1n) is 7.42. The van der Waals surface area contributed by atoms with Crippen molar-refractivity contribution in [2.75, 3.05) is 26.3 Å². The fourth-order valence-electron chi connectivity index (χ4n) is 2.33. The summed E-state index contributed by atoms with van der Waals surface area (Å²) < 4.78 is 5.37. The molecule has 0 radical (unpaired) electrons. The molecule has 2 atom stereocenters. The van der Waals surface area contributed by atoms with E-state index in [0.717, 1.165) is 12.0 Å². The van der Waals surface area contributed by atoms with Crippen molar-refractivity contribution in [1.29, 1.82) is 0 Å². The number of nitrogens with zero attached hydrogens (tertiary/aromatic N) is 1. The summed E-state index contributed by atoms with van der Waals surface area (Å²) in [5.74, 6) is 0.220. The van der Waals surface area contributed by atoms with Gasteiger partial charge in [0.1, 0.15) is 6.61 Å². The minimum atomic E-state index is -0.416. The molecule has 2 unspecified atom stereocenters. The summed E-state index contributed by atoms with van der Waals surface area (Å²) in [5, 5.41) is 9.79.